The molecular weight excluding hydrogens is 194 g/mol. The van der Waals surface area contributed by atoms with Crippen LogP contribution >= 0.6 is 0 Å². The minimum absolute atomic E-state index is 0.00527. The molecular formula is C11H13NO3. The lowest BCUT2D eigenvalue weighted by molar-refractivity contribution is -0.0768. The van der Waals surface area contributed by atoms with E-state index in [9.17, 15) is 4.79 Å². The van der Waals surface area contributed by atoms with E-state index in [0.29, 0.717) is 18.7 Å². The molecule has 2 rings (SSSR count). The summed E-state index contributed by atoms with van der Waals surface area (Å²) in [6.07, 6.45) is 0.889. The molecule has 1 amide bonds. The Hall–Kier alpha value is -1.39. The molecule has 1 aromatic rings. The summed E-state index contributed by atoms with van der Waals surface area (Å²) in [5.41, 5.74) is 1.39. The van der Waals surface area contributed by atoms with Crippen molar-refractivity contribution in [2.75, 3.05) is 13.2 Å². The van der Waals surface area contributed by atoms with Gasteiger partial charge < -0.3 is 5.11 Å². The van der Waals surface area contributed by atoms with Crippen molar-refractivity contribution in [3.63, 3.8) is 0 Å². The molecule has 1 fully saturated rings. The predicted molar refractivity (Wildman–Crippen MR) is 54.0 cm³/mol. The average molecular weight is 207 g/mol. The van der Waals surface area contributed by atoms with E-state index in [4.69, 9.17) is 9.94 Å². The molecule has 0 bridgehead atoms. The van der Waals surface area contributed by atoms with E-state index in [-0.39, 0.29) is 12.5 Å². The number of nitrogens with zero attached hydrogens (tertiary/aromatic N) is 1. The average Bonchev–Trinajstić information content (AvgIpc) is 2.82. The van der Waals surface area contributed by atoms with Crippen LogP contribution in [0.25, 0.3) is 0 Å². The minimum Gasteiger partial charge on any atom is -0.392 e. The SMILES string of the molecule is O=C(c1ccc(CO)cc1)N1CCCO1. The summed E-state index contributed by atoms with van der Waals surface area (Å²) in [4.78, 5) is 16.9. The normalized spacial score (nSPS) is 15.7. The molecule has 1 N–H and O–H groups in total. The van der Waals surface area contributed by atoms with Crippen LogP contribution in [0.3, 0.4) is 0 Å². The van der Waals surface area contributed by atoms with E-state index in [0.717, 1.165) is 12.0 Å². The van der Waals surface area contributed by atoms with Crippen molar-refractivity contribution in [1.82, 2.24) is 5.06 Å². The Labute approximate surface area is 88.0 Å². The fourth-order valence-corrected chi connectivity index (χ4v) is 1.50. The lowest BCUT2D eigenvalue weighted by Crippen LogP contribution is -2.26. The summed E-state index contributed by atoms with van der Waals surface area (Å²) in [5, 5.41) is 10.2. The Morgan fingerprint density at radius 3 is 2.67 bits per heavy atom. The molecule has 0 unspecified atom stereocenters. The van der Waals surface area contributed by atoms with Gasteiger partial charge in [0.15, 0.2) is 0 Å². The van der Waals surface area contributed by atoms with Crippen LogP contribution in [0, 0.1) is 0 Å². The topological polar surface area (TPSA) is 49.8 Å². The largest absolute Gasteiger partial charge is 0.392 e. The van der Waals surface area contributed by atoms with E-state index < -0.39 is 0 Å². The molecule has 0 saturated carbocycles. The van der Waals surface area contributed by atoms with Crippen molar-refractivity contribution < 1.29 is 14.7 Å². The maximum Gasteiger partial charge on any atom is 0.277 e. The van der Waals surface area contributed by atoms with Crippen molar-refractivity contribution in [3.8, 4) is 0 Å². The number of rotatable bonds is 2. The van der Waals surface area contributed by atoms with Gasteiger partial charge in [-0.05, 0) is 24.1 Å². The summed E-state index contributed by atoms with van der Waals surface area (Å²) < 4.78 is 0. The summed E-state index contributed by atoms with van der Waals surface area (Å²) in [6.45, 7) is 1.26. The molecule has 1 aliphatic heterocycles. The zero-order valence-corrected chi connectivity index (χ0v) is 8.35. The molecule has 1 saturated heterocycles. The van der Waals surface area contributed by atoms with Crippen molar-refractivity contribution >= 4 is 5.91 Å². The van der Waals surface area contributed by atoms with E-state index in [1.165, 1.54) is 5.06 Å². The van der Waals surface area contributed by atoms with E-state index in [1.54, 1.807) is 24.3 Å². The van der Waals surface area contributed by atoms with Crippen LogP contribution in [0.1, 0.15) is 22.3 Å². The standard InChI is InChI=1S/C11H13NO3/c13-8-9-2-4-10(5-3-9)11(14)12-6-1-7-15-12/h2-5,13H,1,6-8H2. The predicted octanol–water partition coefficient (Wildman–Crippen LogP) is 0.956. The van der Waals surface area contributed by atoms with Crippen molar-refractivity contribution in [3.05, 3.63) is 35.4 Å². The number of hydrogen-bond donors (Lipinski definition) is 1. The third-order valence-corrected chi connectivity index (χ3v) is 2.36. The highest BCUT2D eigenvalue weighted by atomic mass is 16.7. The second kappa shape index (κ2) is 4.42. The second-order valence-corrected chi connectivity index (χ2v) is 3.45. The maximum absolute atomic E-state index is 11.8. The van der Waals surface area contributed by atoms with Crippen LogP contribution in [0.2, 0.25) is 0 Å². The molecule has 0 aromatic heterocycles. The molecule has 1 aromatic carbocycles. The van der Waals surface area contributed by atoms with Gasteiger partial charge in [0, 0.05) is 5.56 Å². The highest BCUT2D eigenvalue weighted by Crippen LogP contribution is 2.12. The van der Waals surface area contributed by atoms with E-state index in [2.05, 4.69) is 0 Å². The van der Waals surface area contributed by atoms with Gasteiger partial charge in [-0.1, -0.05) is 12.1 Å². The summed E-state index contributed by atoms with van der Waals surface area (Å²) in [7, 11) is 0. The molecule has 15 heavy (non-hydrogen) atoms. The first-order valence-electron chi connectivity index (χ1n) is 4.96. The minimum atomic E-state index is -0.114. The lowest BCUT2D eigenvalue weighted by Gasteiger charge is -2.13. The maximum atomic E-state index is 11.8. The summed E-state index contributed by atoms with van der Waals surface area (Å²) in [6, 6.07) is 6.89. The van der Waals surface area contributed by atoms with Crippen LogP contribution in [0.5, 0.6) is 0 Å². The van der Waals surface area contributed by atoms with Gasteiger partial charge in [-0.3, -0.25) is 9.63 Å². The fraction of sp³-hybridized carbons (Fsp3) is 0.364. The molecule has 0 spiro atoms. The van der Waals surface area contributed by atoms with E-state index >= 15 is 0 Å². The van der Waals surface area contributed by atoms with Crippen LogP contribution in [-0.4, -0.2) is 29.2 Å². The van der Waals surface area contributed by atoms with Crippen LogP contribution in [0.15, 0.2) is 24.3 Å². The molecule has 0 aliphatic carbocycles. The molecule has 1 heterocycles. The number of aliphatic hydroxyl groups is 1. The van der Waals surface area contributed by atoms with Crippen LogP contribution in [-0.2, 0) is 11.4 Å². The number of benzene rings is 1. The first-order valence-corrected chi connectivity index (χ1v) is 4.96. The Morgan fingerprint density at radius 2 is 2.13 bits per heavy atom. The summed E-state index contributed by atoms with van der Waals surface area (Å²) in [5.74, 6) is -0.114. The quantitative estimate of drug-likeness (QED) is 0.785. The van der Waals surface area contributed by atoms with Gasteiger partial charge in [-0.2, -0.15) is 0 Å². The first kappa shape index (κ1) is 10.1. The van der Waals surface area contributed by atoms with Gasteiger partial charge in [0.25, 0.3) is 5.91 Å². The lowest BCUT2D eigenvalue weighted by atomic mass is 10.1. The smallest absolute Gasteiger partial charge is 0.277 e. The molecule has 1 aliphatic rings. The number of carbonyl (C=O) groups is 1. The van der Waals surface area contributed by atoms with Crippen molar-refractivity contribution in [2.45, 2.75) is 13.0 Å². The third-order valence-electron chi connectivity index (χ3n) is 2.36. The number of hydroxylamine groups is 2. The second-order valence-electron chi connectivity index (χ2n) is 3.45. The van der Waals surface area contributed by atoms with Crippen molar-refractivity contribution in [2.24, 2.45) is 0 Å². The van der Waals surface area contributed by atoms with Crippen LogP contribution < -0.4 is 0 Å². The van der Waals surface area contributed by atoms with Crippen LogP contribution in [0.4, 0.5) is 0 Å². The molecule has 4 nitrogen and oxygen atoms in total. The highest BCUT2D eigenvalue weighted by molar-refractivity contribution is 5.93. The van der Waals surface area contributed by atoms with Gasteiger partial charge in [0.05, 0.1) is 19.8 Å². The van der Waals surface area contributed by atoms with Crippen molar-refractivity contribution in [1.29, 1.82) is 0 Å². The van der Waals surface area contributed by atoms with Gasteiger partial charge >= 0.3 is 0 Å². The number of aliphatic hydroxyl groups excluding tert-OH is 1. The number of amides is 1. The van der Waals surface area contributed by atoms with Gasteiger partial charge in [-0.15, -0.1) is 0 Å². The van der Waals surface area contributed by atoms with Gasteiger partial charge in [-0.25, -0.2) is 5.06 Å². The molecule has 4 heteroatoms. The third kappa shape index (κ3) is 2.16. The fourth-order valence-electron chi connectivity index (χ4n) is 1.50. The Balaban J connectivity index is 2.11. The Bertz CT molecular complexity index is 341. The number of carbonyl (C=O) groups excluding carboxylic acids is 1. The monoisotopic (exact) mass is 207 g/mol. The van der Waals surface area contributed by atoms with Gasteiger partial charge in [0.2, 0.25) is 0 Å². The highest BCUT2D eigenvalue weighted by Gasteiger charge is 2.20. The van der Waals surface area contributed by atoms with Gasteiger partial charge in [0.1, 0.15) is 0 Å². The Morgan fingerprint density at radius 1 is 1.40 bits per heavy atom. The van der Waals surface area contributed by atoms with E-state index in [1.807, 2.05) is 0 Å². The summed E-state index contributed by atoms with van der Waals surface area (Å²) >= 11 is 0. The first-order chi connectivity index (χ1) is 7.31. The Kier molecular flexibility index (Phi) is 2.99. The zero-order chi connectivity index (χ0) is 10.7. The number of hydrogen-bond acceptors (Lipinski definition) is 3. The molecule has 0 radical (unpaired) electrons. The zero-order valence-electron chi connectivity index (χ0n) is 8.35. The molecule has 0 atom stereocenters. The molecule has 80 valence electrons.